The Balaban J connectivity index is 0.000000180. The standard InChI is InChI=1S/C22H13ClN4O.C9H5Cl2N3O.C7H4BrN/c23-18-6-4-5-17(13-18)21-25-20(16-11-9-15(14-24)10-12-16)26-22(27-21)28-19-7-2-1-3-8-19;10-7-12-8(11)14-9(13-7)15-6-4-2-1-3-5-6;8-7-3-1-6(5-9)2-4-7/h1-13H;1-5H;1-4H. The predicted molar refractivity (Wildman–Crippen MR) is 202 cm³/mol. The maximum Gasteiger partial charge on any atom is 0.327 e. The summed E-state index contributed by atoms with van der Waals surface area (Å²) in [6.07, 6.45) is 0. The molecule has 2 aromatic heterocycles. The minimum absolute atomic E-state index is 0.000862. The number of hydrogen-bond donors (Lipinski definition) is 0. The number of hydrogen-bond acceptors (Lipinski definition) is 10. The Labute approximate surface area is 322 Å². The van der Waals surface area contributed by atoms with Gasteiger partial charge in [0.25, 0.3) is 0 Å². The molecule has 0 saturated heterocycles. The maximum absolute atomic E-state index is 9.00. The van der Waals surface area contributed by atoms with Gasteiger partial charge in [0, 0.05) is 20.6 Å². The van der Waals surface area contributed by atoms with Gasteiger partial charge in [-0.2, -0.15) is 35.4 Å². The minimum Gasteiger partial charge on any atom is -0.424 e. The Bertz CT molecular complexity index is 2300. The zero-order valence-electron chi connectivity index (χ0n) is 26.6. The van der Waals surface area contributed by atoms with Gasteiger partial charge < -0.3 is 9.47 Å². The lowest BCUT2D eigenvalue weighted by molar-refractivity contribution is 0.439. The van der Waals surface area contributed by atoms with Crippen LogP contribution in [-0.4, -0.2) is 29.9 Å². The first-order valence-corrected chi connectivity index (χ1v) is 16.9. The van der Waals surface area contributed by atoms with Crippen LogP contribution in [0.4, 0.5) is 0 Å². The van der Waals surface area contributed by atoms with Crippen molar-refractivity contribution in [2.24, 2.45) is 0 Å². The second-order valence-corrected chi connectivity index (χ2v) is 12.1. The van der Waals surface area contributed by atoms with Crippen molar-refractivity contribution in [2.75, 3.05) is 0 Å². The second kappa shape index (κ2) is 18.9. The number of halogens is 4. The monoisotopic (exact) mass is 806 g/mol. The van der Waals surface area contributed by atoms with Crippen LogP contribution in [0.5, 0.6) is 23.5 Å². The SMILES string of the molecule is Clc1nc(Cl)nc(Oc2ccccc2)n1.N#Cc1ccc(-c2nc(Oc3ccccc3)nc(-c3cccc(Cl)c3)n2)cc1.N#Cc1ccc(Br)cc1. The Kier molecular flexibility index (Phi) is 13.5. The predicted octanol–water partition coefficient (Wildman–Crippen LogP) is 10.8. The van der Waals surface area contributed by atoms with Crippen molar-refractivity contribution in [1.29, 1.82) is 10.5 Å². The zero-order chi connectivity index (χ0) is 36.7. The van der Waals surface area contributed by atoms with Gasteiger partial charge in [0.15, 0.2) is 11.6 Å². The molecule has 254 valence electrons. The molecule has 14 heteroatoms. The van der Waals surface area contributed by atoms with Crippen molar-refractivity contribution in [3.8, 4) is 58.4 Å². The summed E-state index contributed by atoms with van der Waals surface area (Å²) in [5.41, 5.74) is 2.76. The number of nitrogens with zero attached hydrogens (tertiary/aromatic N) is 8. The molecular weight excluding hydrogens is 787 g/mol. The van der Waals surface area contributed by atoms with E-state index in [1.807, 2.05) is 78.9 Å². The third-order valence-corrected chi connectivity index (χ3v) is 7.51. The number of para-hydroxylation sites is 2. The van der Waals surface area contributed by atoms with E-state index in [2.05, 4.69) is 51.9 Å². The molecule has 2 heterocycles. The highest BCUT2D eigenvalue weighted by Crippen LogP contribution is 2.27. The molecule has 7 rings (SSSR count). The first-order valence-electron chi connectivity index (χ1n) is 15.0. The quantitative estimate of drug-likeness (QED) is 0.159. The molecule has 7 aromatic rings. The fourth-order valence-electron chi connectivity index (χ4n) is 4.05. The smallest absolute Gasteiger partial charge is 0.327 e. The molecule has 0 spiro atoms. The van der Waals surface area contributed by atoms with Gasteiger partial charge in [0.2, 0.25) is 10.6 Å². The molecule has 0 atom stereocenters. The van der Waals surface area contributed by atoms with Crippen molar-refractivity contribution in [3.05, 3.63) is 165 Å². The van der Waals surface area contributed by atoms with E-state index in [4.69, 9.17) is 54.8 Å². The molecule has 0 amide bonds. The Morgan fingerprint density at radius 3 is 1.46 bits per heavy atom. The highest BCUT2D eigenvalue weighted by Gasteiger charge is 2.13. The topological polar surface area (TPSA) is 143 Å². The molecule has 0 saturated carbocycles. The minimum atomic E-state index is 0.000862. The molecule has 0 bridgehead atoms. The van der Waals surface area contributed by atoms with Crippen LogP contribution in [0, 0.1) is 22.7 Å². The highest BCUT2D eigenvalue weighted by molar-refractivity contribution is 9.10. The van der Waals surface area contributed by atoms with Gasteiger partial charge in [0.05, 0.1) is 23.3 Å². The van der Waals surface area contributed by atoms with Crippen LogP contribution in [0.1, 0.15) is 11.1 Å². The normalized spacial score (nSPS) is 9.88. The fourth-order valence-corrected chi connectivity index (χ4v) is 4.85. The Hall–Kier alpha value is -5.95. The Morgan fingerprint density at radius 2 is 0.962 bits per heavy atom. The lowest BCUT2D eigenvalue weighted by Crippen LogP contribution is -2.00. The van der Waals surface area contributed by atoms with Crippen LogP contribution < -0.4 is 9.47 Å². The summed E-state index contributed by atoms with van der Waals surface area (Å²) >= 11 is 20.6. The summed E-state index contributed by atoms with van der Waals surface area (Å²) in [5, 5.41) is 18.0. The molecule has 0 unspecified atom stereocenters. The van der Waals surface area contributed by atoms with Crippen molar-refractivity contribution in [3.63, 3.8) is 0 Å². The van der Waals surface area contributed by atoms with Crippen LogP contribution in [0.3, 0.4) is 0 Å². The molecule has 0 radical (unpaired) electrons. The summed E-state index contributed by atoms with van der Waals surface area (Å²) in [7, 11) is 0. The molecule has 10 nitrogen and oxygen atoms in total. The van der Waals surface area contributed by atoms with Crippen molar-refractivity contribution in [2.45, 2.75) is 0 Å². The van der Waals surface area contributed by atoms with E-state index in [0.29, 0.717) is 39.3 Å². The number of ether oxygens (including phenoxy) is 2. The first kappa shape index (κ1) is 37.3. The molecule has 52 heavy (non-hydrogen) atoms. The maximum atomic E-state index is 9.00. The van der Waals surface area contributed by atoms with E-state index in [1.54, 1.807) is 60.7 Å². The first-order chi connectivity index (χ1) is 25.3. The van der Waals surface area contributed by atoms with E-state index in [0.717, 1.165) is 15.6 Å². The van der Waals surface area contributed by atoms with Crippen molar-refractivity contribution >= 4 is 50.7 Å². The van der Waals surface area contributed by atoms with E-state index in [-0.39, 0.29) is 22.6 Å². The third-order valence-electron chi connectivity index (χ3n) is 6.41. The van der Waals surface area contributed by atoms with Gasteiger partial charge in [-0.05, 0) is 108 Å². The van der Waals surface area contributed by atoms with E-state index < -0.39 is 0 Å². The van der Waals surface area contributed by atoms with Crippen LogP contribution in [-0.2, 0) is 0 Å². The van der Waals surface area contributed by atoms with E-state index in [9.17, 15) is 0 Å². The van der Waals surface area contributed by atoms with Gasteiger partial charge in [-0.25, -0.2) is 4.98 Å². The van der Waals surface area contributed by atoms with Gasteiger partial charge in [-0.3, -0.25) is 0 Å². The van der Waals surface area contributed by atoms with Gasteiger partial charge in [0.1, 0.15) is 11.5 Å². The van der Waals surface area contributed by atoms with Crippen LogP contribution in [0.25, 0.3) is 22.8 Å². The third kappa shape index (κ3) is 11.6. The summed E-state index contributed by atoms with van der Waals surface area (Å²) in [5.74, 6) is 2.12. The van der Waals surface area contributed by atoms with E-state index >= 15 is 0 Å². The van der Waals surface area contributed by atoms with Gasteiger partial charge in [-0.15, -0.1) is 0 Å². The van der Waals surface area contributed by atoms with Crippen LogP contribution in [0.2, 0.25) is 15.6 Å². The molecule has 0 N–H and O–H groups in total. The summed E-state index contributed by atoms with van der Waals surface area (Å²) in [6.45, 7) is 0. The lowest BCUT2D eigenvalue weighted by atomic mass is 10.1. The van der Waals surface area contributed by atoms with E-state index in [1.165, 1.54) is 0 Å². The molecular formula is C38H22BrCl3N8O2. The number of rotatable bonds is 6. The van der Waals surface area contributed by atoms with Gasteiger partial charge >= 0.3 is 12.0 Å². The van der Waals surface area contributed by atoms with Crippen LogP contribution in [0.15, 0.2) is 138 Å². The molecule has 0 fully saturated rings. The molecule has 5 aromatic carbocycles. The summed E-state index contributed by atoms with van der Waals surface area (Å²) < 4.78 is 12.1. The Morgan fingerprint density at radius 1 is 0.481 bits per heavy atom. The largest absolute Gasteiger partial charge is 0.424 e. The van der Waals surface area contributed by atoms with Crippen LogP contribution >= 0.6 is 50.7 Å². The highest BCUT2D eigenvalue weighted by atomic mass is 79.9. The average Bonchev–Trinajstić information content (AvgIpc) is 3.16. The molecule has 0 aliphatic rings. The van der Waals surface area contributed by atoms with Gasteiger partial charge in [-0.1, -0.05) is 76.1 Å². The molecule has 0 aliphatic carbocycles. The summed E-state index contributed by atoms with van der Waals surface area (Å²) in [4.78, 5) is 24.6. The van der Waals surface area contributed by atoms with Crippen molar-refractivity contribution < 1.29 is 9.47 Å². The number of benzene rings is 5. The lowest BCUT2D eigenvalue weighted by Gasteiger charge is -2.09. The number of nitriles is 2. The summed E-state index contributed by atoms with van der Waals surface area (Å²) in [6, 6.07) is 44.3. The number of aromatic nitrogens is 6. The molecule has 0 aliphatic heterocycles. The average molecular weight is 809 g/mol. The van der Waals surface area contributed by atoms with Crippen molar-refractivity contribution in [1.82, 2.24) is 29.9 Å². The second-order valence-electron chi connectivity index (χ2n) is 10.1. The zero-order valence-corrected chi connectivity index (χ0v) is 30.5. The fraction of sp³-hybridized carbons (Fsp3) is 0.